The average molecular weight is 302 g/mol. The molecule has 0 radical (unpaired) electrons. The van der Waals surface area contributed by atoms with E-state index < -0.39 is 0 Å². The number of ether oxygens (including phenoxy) is 1. The Balaban J connectivity index is 2.17. The summed E-state index contributed by atoms with van der Waals surface area (Å²) in [6.45, 7) is 7.93. The molecule has 0 spiro atoms. The lowest BCUT2D eigenvalue weighted by Gasteiger charge is -2.05. The zero-order valence-corrected chi connectivity index (χ0v) is 12.9. The van der Waals surface area contributed by atoms with Crippen LogP contribution >= 0.6 is 11.3 Å². The van der Waals surface area contributed by atoms with Crippen LogP contribution in [0.4, 0.5) is 0 Å². The molecule has 4 nitrogen and oxygen atoms in total. The van der Waals surface area contributed by atoms with Gasteiger partial charge in [-0.3, -0.25) is 4.79 Å². The van der Waals surface area contributed by atoms with Crippen LogP contribution in [0.5, 0.6) is 5.75 Å². The van der Waals surface area contributed by atoms with Crippen LogP contribution < -0.4 is 10.1 Å². The van der Waals surface area contributed by atoms with E-state index in [9.17, 15) is 4.79 Å². The number of nitrogens with zero attached hydrogens (tertiary/aromatic N) is 1. The van der Waals surface area contributed by atoms with Crippen molar-refractivity contribution in [2.45, 2.75) is 19.9 Å². The predicted octanol–water partition coefficient (Wildman–Crippen LogP) is 3.51. The monoisotopic (exact) mass is 302 g/mol. The number of amides is 1. The fourth-order valence-corrected chi connectivity index (χ4v) is 2.52. The molecule has 0 bridgehead atoms. The minimum Gasteiger partial charge on any atom is -0.490 e. The third-order valence-corrected chi connectivity index (χ3v) is 3.50. The van der Waals surface area contributed by atoms with E-state index in [1.165, 1.54) is 11.3 Å². The number of aromatic nitrogens is 1. The standard InChI is InChI=1S/C16H18N2O2S/c1-4-8-20-13-7-5-6-12(9-13)16-18-14(10-21-16)15(19)17-11(2)3/h4-7,9-11H,1,8H2,2-3H3,(H,17,19). The molecule has 2 rings (SSSR count). The normalized spacial score (nSPS) is 10.4. The Morgan fingerprint density at radius 3 is 3.05 bits per heavy atom. The fraction of sp³-hybridized carbons (Fsp3) is 0.250. The van der Waals surface area contributed by atoms with Gasteiger partial charge in [-0.2, -0.15) is 0 Å². The quantitative estimate of drug-likeness (QED) is 0.831. The lowest BCUT2D eigenvalue weighted by Crippen LogP contribution is -2.30. The minimum absolute atomic E-state index is 0.0956. The van der Waals surface area contributed by atoms with Crippen LogP contribution in [-0.2, 0) is 0 Å². The van der Waals surface area contributed by atoms with Gasteiger partial charge in [-0.1, -0.05) is 24.8 Å². The average Bonchev–Trinajstić information content (AvgIpc) is 2.94. The molecule has 1 aromatic carbocycles. The van der Waals surface area contributed by atoms with Gasteiger partial charge < -0.3 is 10.1 Å². The number of hydrogen-bond acceptors (Lipinski definition) is 4. The number of nitrogens with one attached hydrogen (secondary N) is 1. The molecule has 2 aromatic rings. The van der Waals surface area contributed by atoms with Crippen molar-refractivity contribution in [3.63, 3.8) is 0 Å². The van der Waals surface area contributed by atoms with Crippen molar-refractivity contribution in [2.24, 2.45) is 0 Å². The highest BCUT2D eigenvalue weighted by molar-refractivity contribution is 7.13. The first-order chi connectivity index (χ1) is 10.1. The molecule has 1 heterocycles. The highest BCUT2D eigenvalue weighted by Gasteiger charge is 2.12. The topological polar surface area (TPSA) is 51.2 Å². The molecule has 1 amide bonds. The van der Waals surface area contributed by atoms with Crippen LogP contribution in [0.25, 0.3) is 10.6 Å². The molecule has 0 aliphatic rings. The Hall–Kier alpha value is -2.14. The highest BCUT2D eigenvalue weighted by atomic mass is 32.1. The Morgan fingerprint density at radius 2 is 2.33 bits per heavy atom. The van der Waals surface area contributed by atoms with E-state index in [0.717, 1.165) is 16.3 Å². The summed E-state index contributed by atoms with van der Waals surface area (Å²) in [6, 6.07) is 7.74. The fourth-order valence-electron chi connectivity index (χ4n) is 1.72. The second kappa shape index (κ2) is 7.04. The zero-order chi connectivity index (χ0) is 15.2. The molecule has 1 aromatic heterocycles. The molecule has 0 aliphatic carbocycles. The van der Waals surface area contributed by atoms with E-state index >= 15 is 0 Å². The van der Waals surface area contributed by atoms with Gasteiger partial charge in [0.15, 0.2) is 0 Å². The first-order valence-electron chi connectivity index (χ1n) is 6.70. The third kappa shape index (κ3) is 4.16. The van der Waals surface area contributed by atoms with Crippen LogP contribution in [0.3, 0.4) is 0 Å². The van der Waals surface area contributed by atoms with Gasteiger partial charge in [0, 0.05) is 17.0 Å². The van der Waals surface area contributed by atoms with Crippen molar-refractivity contribution in [2.75, 3.05) is 6.61 Å². The Bertz CT molecular complexity index is 635. The number of rotatable bonds is 6. The SMILES string of the molecule is C=CCOc1cccc(-c2nc(C(=O)NC(C)C)cs2)c1. The van der Waals surface area contributed by atoms with Gasteiger partial charge in [0.05, 0.1) is 0 Å². The Kier molecular flexibility index (Phi) is 5.11. The first-order valence-corrected chi connectivity index (χ1v) is 7.58. The maximum Gasteiger partial charge on any atom is 0.270 e. The first kappa shape index (κ1) is 15.3. The summed E-state index contributed by atoms with van der Waals surface area (Å²) in [5, 5.41) is 5.40. The molecule has 1 N–H and O–H groups in total. The van der Waals surface area contributed by atoms with Gasteiger partial charge in [-0.05, 0) is 26.0 Å². The lowest BCUT2D eigenvalue weighted by atomic mass is 10.2. The number of hydrogen-bond donors (Lipinski definition) is 1. The van der Waals surface area contributed by atoms with Gasteiger partial charge in [0.25, 0.3) is 5.91 Å². The van der Waals surface area contributed by atoms with Crippen molar-refractivity contribution >= 4 is 17.2 Å². The van der Waals surface area contributed by atoms with Crippen molar-refractivity contribution in [3.05, 3.63) is 48.0 Å². The molecule has 0 saturated heterocycles. The molecule has 0 fully saturated rings. The largest absolute Gasteiger partial charge is 0.490 e. The molecule has 0 atom stereocenters. The minimum atomic E-state index is -0.147. The van der Waals surface area contributed by atoms with Crippen molar-refractivity contribution in [3.8, 4) is 16.3 Å². The Labute approximate surface area is 128 Å². The summed E-state index contributed by atoms with van der Waals surface area (Å²) < 4.78 is 5.50. The van der Waals surface area contributed by atoms with Crippen molar-refractivity contribution < 1.29 is 9.53 Å². The molecule has 5 heteroatoms. The number of carbonyl (C=O) groups is 1. The molecular formula is C16H18N2O2S. The molecular weight excluding hydrogens is 284 g/mol. The highest BCUT2D eigenvalue weighted by Crippen LogP contribution is 2.27. The maximum absolute atomic E-state index is 11.9. The Morgan fingerprint density at radius 1 is 1.52 bits per heavy atom. The van der Waals surface area contributed by atoms with Gasteiger partial charge in [0.2, 0.25) is 0 Å². The van der Waals surface area contributed by atoms with Crippen molar-refractivity contribution in [1.29, 1.82) is 0 Å². The predicted molar refractivity (Wildman–Crippen MR) is 85.8 cm³/mol. The van der Waals surface area contributed by atoms with Crippen LogP contribution in [0.2, 0.25) is 0 Å². The number of thiazole rings is 1. The van der Waals surface area contributed by atoms with Crippen LogP contribution in [0.15, 0.2) is 42.3 Å². The summed E-state index contributed by atoms with van der Waals surface area (Å²) in [6.07, 6.45) is 1.70. The maximum atomic E-state index is 11.9. The van der Waals surface area contributed by atoms with E-state index in [2.05, 4.69) is 16.9 Å². The van der Waals surface area contributed by atoms with Crippen molar-refractivity contribution in [1.82, 2.24) is 10.3 Å². The van der Waals surface area contributed by atoms with Gasteiger partial charge in [0.1, 0.15) is 23.1 Å². The van der Waals surface area contributed by atoms with E-state index in [4.69, 9.17) is 4.74 Å². The van der Waals surface area contributed by atoms with E-state index in [0.29, 0.717) is 12.3 Å². The second-order valence-corrected chi connectivity index (χ2v) is 5.65. The lowest BCUT2D eigenvalue weighted by molar-refractivity contribution is 0.0939. The van der Waals surface area contributed by atoms with E-state index in [1.54, 1.807) is 11.5 Å². The molecule has 110 valence electrons. The van der Waals surface area contributed by atoms with Crippen LogP contribution in [-0.4, -0.2) is 23.5 Å². The number of benzene rings is 1. The smallest absolute Gasteiger partial charge is 0.270 e. The van der Waals surface area contributed by atoms with Gasteiger partial charge in [-0.25, -0.2) is 4.98 Å². The molecule has 21 heavy (non-hydrogen) atoms. The van der Waals surface area contributed by atoms with Gasteiger partial charge in [-0.15, -0.1) is 11.3 Å². The summed E-state index contributed by atoms with van der Waals surface area (Å²) in [7, 11) is 0. The van der Waals surface area contributed by atoms with Crippen LogP contribution in [0.1, 0.15) is 24.3 Å². The van der Waals surface area contributed by atoms with E-state index in [1.807, 2.05) is 38.1 Å². The summed E-state index contributed by atoms with van der Waals surface area (Å²) in [5.41, 5.74) is 1.38. The van der Waals surface area contributed by atoms with E-state index in [-0.39, 0.29) is 11.9 Å². The van der Waals surface area contributed by atoms with Crippen LogP contribution in [0, 0.1) is 0 Å². The third-order valence-electron chi connectivity index (χ3n) is 2.61. The molecule has 0 aliphatic heterocycles. The summed E-state index contributed by atoms with van der Waals surface area (Å²) in [4.78, 5) is 16.3. The number of carbonyl (C=O) groups excluding carboxylic acids is 1. The second-order valence-electron chi connectivity index (χ2n) is 4.79. The van der Waals surface area contributed by atoms with Gasteiger partial charge >= 0.3 is 0 Å². The summed E-state index contributed by atoms with van der Waals surface area (Å²) in [5.74, 6) is 0.613. The molecule has 0 saturated carbocycles. The molecule has 0 unspecified atom stereocenters. The summed E-state index contributed by atoms with van der Waals surface area (Å²) >= 11 is 1.44. The zero-order valence-electron chi connectivity index (χ0n) is 12.1.